The molecule has 0 N–H and O–H groups in total. The largest absolute Gasteiger partial charge is 1.00 e. The summed E-state index contributed by atoms with van der Waals surface area (Å²) < 4.78 is 37.7. The van der Waals surface area contributed by atoms with Gasteiger partial charge >= 0.3 is 7.54 Å². The van der Waals surface area contributed by atoms with Crippen molar-refractivity contribution in [3.8, 4) is 0 Å². The summed E-state index contributed by atoms with van der Waals surface area (Å²) in [6.07, 6.45) is 12.8. The molecular weight excluding hydrogens is 537 g/mol. The maximum absolute atomic E-state index is 9.67. The van der Waals surface area contributed by atoms with Gasteiger partial charge in [0.25, 0.3) is 0 Å². The van der Waals surface area contributed by atoms with Crippen LogP contribution >= 0.6 is 0 Å². The second-order valence-corrected chi connectivity index (χ2v) is 10.6. The molecule has 5 rings (SSSR count). The summed E-state index contributed by atoms with van der Waals surface area (Å²) in [7, 11) is -1.52. The molecular formula is C35H36BF4NO. The Hall–Kier alpha value is -4.13. The van der Waals surface area contributed by atoms with Gasteiger partial charge in [0.05, 0.1) is 5.41 Å². The summed E-state index contributed by atoms with van der Waals surface area (Å²) in [5.74, 6) is 1.71. The molecule has 7 heteroatoms. The number of benzene rings is 3. The highest BCUT2D eigenvalue weighted by Crippen LogP contribution is 2.39. The highest BCUT2D eigenvalue weighted by molar-refractivity contribution is 6.33. The van der Waals surface area contributed by atoms with Crippen molar-refractivity contribution in [2.24, 2.45) is 0 Å². The van der Waals surface area contributed by atoms with Crippen molar-refractivity contribution < 1.29 is 27.0 Å². The molecule has 3 aromatic carbocycles. The van der Waals surface area contributed by atoms with Crippen molar-refractivity contribution >= 4 is 30.3 Å². The maximum Gasteiger partial charge on any atom is 0.762 e. The standard InChI is InChI=1S/C35H36NO.BF3.FH/c1-6-25-15-19-27(20-16-25)29-23-30(37-33(24-29)28-21-17-26(7-2)18-22-28)11-10-14-34-35(3,4)31-12-8-9-13-32(31)36(34)5;2-1(3)4;/h8-24H,6-7H2,1-5H3;;1H/q+1;;/p-1. The zero-order chi connectivity index (χ0) is 29.6. The SMILES string of the molecule is CCc1ccc(C2=CC(=CC=CC3=[N+](C)c4ccccc4C3(C)C)OC(c3ccc(CC)cc3)=C2)cc1.FB(F)F.[F-]. The van der Waals surface area contributed by atoms with Crippen LogP contribution in [0.15, 0.2) is 109 Å². The molecule has 2 aliphatic heterocycles. The predicted octanol–water partition coefficient (Wildman–Crippen LogP) is 6.30. The van der Waals surface area contributed by atoms with Crippen molar-refractivity contribution in [2.45, 2.75) is 46.0 Å². The Kier molecular flexibility index (Phi) is 10.9. The smallest absolute Gasteiger partial charge is 0.762 e. The van der Waals surface area contributed by atoms with Gasteiger partial charge in [0.1, 0.15) is 18.6 Å². The number of para-hydroxylation sites is 1. The summed E-state index contributed by atoms with van der Waals surface area (Å²) in [4.78, 5) is 0. The van der Waals surface area contributed by atoms with Gasteiger partial charge in [-0.3, -0.25) is 12.9 Å². The quantitative estimate of drug-likeness (QED) is 0.192. The van der Waals surface area contributed by atoms with Crippen molar-refractivity contribution in [1.82, 2.24) is 0 Å². The van der Waals surface area contributed by atoms with E-state index in [-0.39, 0.29) is 10.1 Å². The Morgan fingerprint density at radius 3 is 1.90 bits per heavy atom. The van der Waals surface area contributed by atoms with E-state index in [1.807, 2.05) is 0 Å². The molecule has 218 valence electrons. The van der Waals surface area contributed by atoms with Crippen molar-refractivity contribution in [1.29, 1.82) is 0 Å². The Labute approximate surface area is 246 Å². The Bertz CT molecular complexity index is 1530. The van der Waals surface area contributed by atoms with Crippen LogP contribution < -0.4 is 4.70 Å². The fourth-order valence-electron chi connectivity index (χ4n) is 5.29. The molecule has 0 radical (unpaired) electrons. The lowest BCUT2D eigenvalue weighted by atomic mass is 9.81. The van der Waals surface area contributed by atoms with Crippen LogP contribution in [0.1, 0.15) is 55.5 Å². The second-order valence-electron chi connectivity index (χ2n) is 10.6. The topological polar surface area (TPSA) is 12.2 Å². The number of ether oxygens (including phenoxy) is 1. The van der Waals surface area contributed by atoms with Crippen LogP contribution in [0.3, 0.4) is 0 Å². The first-order chi connectivity index (χ1) is 19.6. The van der Waals surface area contributed by atoms with E-state index >= 15 is 0 Å². The first kappa shape index (κ1) is 32.4. The summed E-state index contributed by atoms with van der Waals surface area (Å²) in [5.41, 5.74) is 9.95. The molecule has 42 heavy (non-hydrogen) atoms. The van der Waals surface area contributed by atoms with Gasteiger partial charge in [0.2, 0.25) is 5.69 Å². The molecule has 0 amide bonds. The highest BCUT2D eigenvalue weighted by atomic mass is 19.4. The molecule has 0 atom stereocenters. The van der Waals surface area contributed by atoms with Crippen LogP contribution in [-0.4, -0.2) is 24.9 Å². The van der Waals surface area contributed by atoms with E-state index in [4.69, 9.17) is 4.74 Å². The number of hydrogen-bond acceptors (Lipinski definition) is 1. The zero-order valence-corrected chi connectivity index (χ0v) is 24.7. The van der Waals surface area contributed by atoms with Gasteiger partial charge in [-0.05, 0) is 67.2 Å². The minimum absolute atomic E-state index is 0. The van der Waals surface area contributed by atoms with Gasteiger partial charge in [-0.25, -0.2) is 0 Å². The number of rotatable bonds is 6. The van der Waals surface area contributed by atoms with Gasteiger partial charge in [0, 0.05) is 23.3 Å². The van der Waals surface area contributed by atoms with E-state index in [0.29, 0.717) is 0 Å². The zero-order valence-electron chi connectivity index (χ0n) is 24.7. The minimum Gasteiger partial charge on any atom is -1.00 e. The first-order valence-corrected chi connectivity index (χ1v) is 13.9. The average Bonchev–Trinajstić information content (AvgIpc) is 3.17. The number of fused-ring (bicyclic) bond motifs is 1. The maximum atomic E-state index is 9.67. The molecule has 0 fully saturated rings. The third-order valence-electron chi connectivity index (χ3n) is 7.61. The van der Waals surface area contributed by atoms with E-state index in [1.165, 1.54) is 33.7 Å². The van der Waals surface area contributed by atoms with Crippen LogP contribution in [0.25, 0.3) is 11.3 Å². The monoisotopic (exact) mass is 573 g/mol. The van der Waals surface area contributed by atoms with E-state index in [9.17, 15) is 12.9 Å². The molecule has 2 nitrogen and oxygen atoms in total. The van der Waals surface area contributed by atoms with Gasteiger partial charge in [-0.15, -0.1) is 0 Å². The second kappa shape index (κ2) is 14.2. The van der Waals surface area contributed by atoms with Crippen molar-refractivity contribution in [3.63, 3.8) is 0 Å². The number of halogens is 4. The fraction of sp³-hybridized carbons (Fsp3) is 0.229. The van der Waals surface area contributed by atoms with Crippen molar-refractivity contribution in [3.05, 3.63) is 137 Å². The van der Waals surface area contributed by atoms with Crippen LogP contribution in [0, 0.1) is 0 Å². The normalized spacial score (nSPS) is 16.1. The van der Waals surface area contributed by atoms with Crippen LogP contribution in [0.2, 0.25) is 0 Å². The summed E-state index contributed by atoms with van der Waals surface area (Å²) in [6.45, 7) is 8.95. The van der Waals surface area contributed by atoms with Gasteiger partial charge in [0.15, 0.2) is 5.71 Å². The van der Waals surface area contributed by atoms with E-state index in [2.05, 4.69) is 142 Å². The molecule has 3 aromatic rings. The lowest BCUT2D eigenvalue weighted by molar-refractivity contribution is -0.401. The summed E-state index contributed by atoms with van der Waals surface area (Å²) in [6, 6.07) is 26.2. The first-order valence-electron chi connectivity index (χ1n) is 13.9. The molecule has 2 heterocycles. The van der Waals surface area contributed by atoms with Gasteiger partial charge in [-0.1, -0.05) is 86.7 Å². The van der Waals surface area contributed by atoms with E-state index in [1.54, 1.807) is 0 Å². The molecule has 0 saturated carbocycles. The van der Waals surface area contributed by atoms with Crippen LogP contribution in [0.5, 0.6) is 0 Å². The molecule has 0 saturated heterocycles. The van der Waals surface area contributed by atoms with Crippen LogP contribution in [-0.2, 0) is 23.0 Å². The molecule has 0 unspecified atom stereocenters. The summed E-state index contributed by atoms with van der Waals surface area (Å²) in [5, 5.41) is 0. The summed E-state index contributed by atoms with van der Waals surface area (Å²) >= 11 is 0. The van der Waals surface area contributed by atoms with Gasteiger partial charge in [-0.2, -0.15) is 4.58 Å². The molecule has 0 bridgehead atoms. The Morgan fingerprint density at radius 2 is 1.36 bits per heavy atom. The number of allylic oxidation sites excluding steroid dienone is 6. The molecule has 0 aromatic heterocycles. The van der Waals surface area contributed by atoms with Gasteiger partial charge < -0.3 is 9.44 Å². The third kappa shape index (κ3) is 7.38. The van der Waals surface area contributed by atoms with Crippen molar-refractivity contribution in [2.75, 3.05) is 7.05 Å². The fourth-order valence-corrected chi connectivity index (χ4v) is 5.29. The molecule has 2 aliphatic rings. The lowest BCUT2D eigenvalue weighted by Crippen LogP contribution is -3.00. The Morgan fingerprint density at radius 1 is 0.810 bits per heavy atom. The predicted molar refractivity (Wildman–Crippen MR) is 165 cm³/mol. The number of hydrogen-bond donors (Lipinski definition) is 0. The highest BCUT2D eigenvalue weighted by Gasteiger charge is 2.42. The lowest BCUT2D eigenvalue weighted by Gasteiger charge is -2.19. The van der Waals surface area contributed by atoms with Crippen LogP contribution in [0.4, 0.5) is 18.6 Å². The molecule has 0 aliphatic carbocycles. The number of aryl methyl sites for hydroxylation is 2. The Balaban J connectivity index is 0.000000911. The molecule has 0 spiro atoms. The minimum atomic E-state index is -3.67. The van der Waals surface area contributed by atoms with E-state index < -0.39 is 7.54 Å². The average molecular weight is 573 g/mol. The third-order valence-corrected chi connectivity index (χ3v) is 7.61. The van der Waals surface area contributed by atoms with E-state index in [0.717, 1.165) is 35.5 Å². The number of nitrogens with zero attached hydrogens (tertiary/aromatic N) is 1.